The highest BCUT2D eigenvalue weighted by Crippen LogP contribution is 2.16. The van der Waals surface area contributed by atoms with Crippen molar-refractivity contribution in [2.45, 2.75) is 40.5 Å². The van der Waals surface area contributed by atoms with Gasteiger partial charge in [0.25, 0.3) is 0 Å². The van der Waals surface area contributed by atoms with E-state index in [9.17, 15) is 0 Å². The number of aromatic nitrogens is 1. The third-order valence-electron chi connectivity index (χ3n) is 2.49. The maximum Gasteiger partial charge on any atom is 0.0943 e. The van der Waals surface area contributed by atoms with Gasteiger partial charge in [0.05, 0.1) is 10.7 Å². The van der Waals surface area contributed by atoms with Gasteiger partial charge in [-0.3, -0.25) is 0 Å². The number of hydrogen-bond acceptors (Lipinski definition) is 3. The molecule has 86 valence electrons. The monoisotopic (exact) mass is 226 g/mol. The summed E-state index contributed by atoms with van der Waals surface area (Å²) in [5.41, 5.74) is 1.19. The number of thiazole rings is 1. The largest absolute Gasteiger partial charge is 0.316 e. The summed E-state index contributed by atoms with van der Waals surface area (Å²) in [6.07, 6.45) is 2.33. The third kappa shape index (κ3) is 4.76. The minimum atomic E-state index is 0.793. The zero-order valence-electron chi connectivity index (χ0n) is 10.3. The standard InChI is InChI=1S/C12H22N2S/c1-9(2)5-7-13-8-6-12-14-10(3)11(4)15-12/h9,13H,5-8H2,1-4H3. The summed E-state index contributed by atoms with van der Waals surface area (Å²) in [7, 11) is 0. The Labute approximate surface area is 97.1 Å². The van der Waals surface area contributed by atoms with Crippen LogP contribution in [-0.4, -0.2) is 18.1 Å². The van der Waals surface area contributed by atoms with Crippen LogP contribution < -0.4 is 5.32 Å². The van der Waals surface area contributed by atoms with E-state index in [1.54, 1.807) is 0 Å². The minimum Gasteiger partial charge on any atom is -0.316 e. The Morgan fingerprint density at radius 3 is 2.53 bits per heavy atom. The van der Waals surface area contributed by atoms with E-state index in [4.69, 9.17) is 0 Å². The molecule has 1 N–H and O–H groups in total. The highest BCUT2D eigenvalue weighted by atomic mass is 32.1. The molecule has 1 heterocycles. The van der Waals surface area contributed by atoms with Crippen molar-refractivity contribution in [3.05, 3.63) is 15.6 Å². The minimum absolute atomic E-state index is 0.793. The maximum absolute atomic E-state index is 4.52. The highest BCUT2D eigenvalue weighted by molar-refractivity contribution is 7.11. The van der Waals surface area contributed by atoms with Crippen molar-refractivity contribution in [1.82, 2.24) is 10.3 Å². The molecule has 0 saturated heterocycles. The average Bonchev–Trinajstić information content (AvgIpc) is 2.45. The first-order valence-corrected chi connectivity index (χ1v) is 6.55. The summed E-state index contributed by atoms with van der Waals surface area (Å²) in [5, 5.41) is 4.73. The second kappa shape index (κ2) is 6.23. The normalized spacial score (nSPS) is 11.3. The fraction of sp³-hybridized carbons (Fsp3) is 0.750. The van der Waals surface area contributed by atoms with Gasteiger partial charge in [0.2, 0.25) is 0 Å². The topological polar surface area (TPSA) is 24.9 Å². The van der Waals surface area contributed by atoms with Crippen molar-refractivity contribution >= 4 is 11.3 Å². The number of aryl methyl sites for hydroxylation is 2. The lowest BCUT2D eigenvalue weighted by molar-refractivity contribution is 0.539. The van der Waals surface area contributed by atoms with Crippen molar-refractivity contribution in [2.75, 3.05) is 13.1 Å². The number of hydrogen-bond donors (Lipinski definition) is 1. The molecule has 0 aliphatic rings. The molecule has 2 nitrogen and oxygen atoms in total. The lowest BCUT2D eigenvalue weighted by Crippen LogP contribution is -2.19. The molecule has 0 saturated carbocycles. The Morgan fingerprint density at radius 2 is 2.00 bits per heavy atom. The van der Waals surface area contributed by atoms with E-state index < -0.39 is 0 Å². The van der Waals surface area contributed by atoms with Gasteiger partial charge in [-0.25, -0.2) is 4.98 Å². The van der Waals surface area contributed by atoms with Gasteiger partial charge in [0.15, 0.2) is 0 Å². The zero-order valence-corrected chi connectivity index (χ0v) is 11.1. The molecule has 0 spiro atoms. The van der Waals surface area contributed by atoms with E-state index in [0.29, 0.717) is 0 Å². The van der Waals surface area contributed by atoms with E-state index >= 15 is 0 Å². The molecule has 0 atom stereocenters. The van der Waals surface area contributed by atoms with Crippen LogP contribution in [0.4, 0.5) is 0 Å². The smallest absolute Gasteiger partial charge is 0.0943 e. The molecule has 0 radical (unpaired) electrons. The van der Waals surface area contributed by atoms with Crippen LogP contribution in [-0.2, 0) is 6.42 Å². The van der Waals surface area contributed by atoms with Crippen molar-refractivity contribution < 1.29 is 0 Å². The number of nitrogens with one attached hydrogen (secondary N) is 1. The van der Waals surface area contributed by atoms with Crippen LogP contribution in [0.5, 0.6) is 0 Å². The van der Waals surface area contributed by atoms with E-state index in [-0.39, 0.29) is 0 Å². The van der Waals surface area contributed by atoms with Gasteiger partial charge in [-0.05, 0) is 32.7 Å². The second-order valence-electron chi connectivity index (χ2n) is 4.43. The van der Waals surface area contributed by atoms with Crippen LogP contribution in [0.25, 0.3) is 0 Å². The Hall–Kier alpha value is -0.410. The fourth-order valence-electron chi connectivity index (χ4n) is 1.36. The molecule has 1 aromatic rings. The lowest BCUT2D eigenvalue weighted by Gasteiger charge is -2.05. The molecule has 0 aliphatic carbocycles. The second-order valence-corrected chi connectivity index (χ2v) is 5.72. The maximum atomic E-state index is 4.52. The van der Waals surface area contributed by atoms with Crippen LogP contribution in [0.15, 0.2) is 0 Å². The molecule has 3 heteroatoms. The van der Waals surface area contributed by atoms with Crippen molar-refractivity contribution in [3.63, 3.8) is 0 Å². The molecule has 0 amide bonds. The predicted molar refractivity (Wildman–Crippen MR) is 67.6 cm³/mol. The summed E-state index contributed by atoms with van der Waals surface area (Å²) in [4.78, 5) is 5.88. The first-order valence-electron chi connectivity index (χ1n) is 5.73. The van der Waals surface area contributed by atoms with Crippen LogP contribution >= 0.6 is 11.3 Å². The summed E-state index contributed by atoms with van der Waals surface area (Å²) < 4.78 is 0. The predicted octanol–water partition coefficient (Wildman–Crippen LogP) is 2.94. The average molecular weight is 226 g/mol. The molecule has 1 rings (SSSR count). The van der Waals surface area contributed by atoms with Crippen LogP contribution in [0.2, 0.25) is 0 Å². The van der Waals surface area contributed by atoms with Gasteiger partial charge in [-0.15, -0.1) is 11.3 Å². The molecule has 0 fully saturated rings. The molecule has 0 aromatic carbocycles. The van der Waals surface area contributed by atoms with Crippen LogP contribution in [0.3, 0.4) is 0 Å². The molecule has 0 unspecified atom stereocenters. The molecule has 0 bridgehead atoms. The Balaban J connectivity index is 2.15. The van der Waals surface area contributed by atoms with Gasteiger partial charge in [-0.1, -0.05) is 13.8 Å². The van der Waals surface area contributed by atoms with Crippen molar-refractivity contribution in [2.24, 2.45) is 5.92 Å². The lowest BCUT2D eigenvalue weighted by atomic mass is 10.1. The van der Waals surface area contributed by atoms with Crippen molar-refractivity contribution in [1.29, 1.82) is 0 Å². The van der Waals surface area contributed by atoms with Gasteiger partial charge in [-0.2, -0.15) is 0 Å². The van der Waals surface area contributed by atoms with Gasteiger partial charge < -0.3 is 5.32 Å². The molecule has 0 aliphatic heterocycles. The summed E-state index contributed by atoms with van der Waals surface area (Å²) in [5.74, 6) is 0.793. The van der Waals surface area contributed by atoms with E-state index in [1.165, 1.54) is 22.0 Å². The Kier molecular flexibility index (Phi) is 5.26. The summed E-state index contributed by atoms with van der Waals surface area (Å²) >= 11 is 1.83. The zero-order chi connectivity index (χ0) is 11.3. The van der Waals surface area contributed by atoms with Gasteiger partial charge in [0.1, 0.15) is 0 Å². The molecule has 1 aromatic heterocycles. The summed E-state index contributed by atoms with van der Waals surface area (Å²) in [6.45, 7) is 10.9. The first kappa shape index (κ1) is 12.7. The number of nitrogens with zero attached hydrogens (tertiary/aromatic N) is 1. The van der Waals surface area contributed by atoms with E-state index in [2.05, 4.69) is 38.0 Å². The number of rotatable bonds is 6. The Bertz CT molecular complexity index is 272. The highest BCUT2D eigenvalue weighted by Gasteiger charge is 2.02. The van der Waals surface area contributed by atoms with Gasteiger partial charge in [0, 0.05) is 17.8 Å². The van der Waals surface area contributed by atoms with E-state index in [0.717, 1.165) is 25.4 Å². The third-order valence-corrected chi connectivity index (χ3v) is 3.62. The molecular formula is C12H22N2S. The molecule has 15 heavy (non-hydrogen) atoms. The SMILES string of the molecule is Cc1nc(CCNCCC(C)C)sc1C. The first-order chi connectivity index (χ1) is 7.09. The van der Waals surface area contributed by atoms with E-state index in [1.807, 2.05) is 11.3 Å². The summed E-state index contributed by atoms with van der Waals surface area (Å²) in [6, 6.07) is 0. The fourth-order valence-corrected chi connectivity index (χ4v) is 2.29. The van der Waals surface area contributed by atoms with Crippen molar-refractivity contribution in [3.8, 4) is 0 Å². The molecular weight excluding hydrogens is 204 g/mol. The van der Waals surface area contributed by atoms with Crippen LogP contribution in [0, 0.1) is 19.8 Å². The van der Waals surface area contributed by atoms with Crippen LogP contribution in [0.1, 0.15) is 35.8 Å². The van der Waals surface area contributed by atoms with Gasteiger partial charge >= 0.3 is 0 Å². The quantitative estimate of drug-likeness (QED) is 0.754. The Morgan fingerprint density at radius 1 is 1.27 bits per heavy atom.